The number of likely N-dealkylation sites (tertiary alicyclic amines) is 1. The number of aromatic amines is 1. The van der Waals surface area contributed by atoms with E-state index in [1.54, 1.807) is 18.5 Å². The largest absolute Gasteiger partial charge is 0.367 e. The highest BCUT2D eigenvalue weighted by Gasteiger charge is 2.26. The summed E-state index contributed by atoms with van der Waals surface area (Å²) in [5.41, 5.74) is 1.33. The van der Waals surface area contributed by atoms with Gasteiger partial charge in [0.15, 0.2) is 17.5 Å². The first-order valence-electron chi connectivity index (χ1n) is 10.9. The van der Waals surface area contributed by atoms with Gasteiger partial charge in [0.05, 0.1) is 11.2 Å². The van der Waals surface area contributed by atoms with Crippen molar-refractivity contribution in [2.75, 3.05) is 25.0 Å². The van der Waals surface area contributed by atoms with E-state index in [0.29, 0.717) is 41.6 Å². The smallest absolute Gasteiger partial charge is 0.223 e. The van der Waals surface area contributed by atoms with Crippen molar-refractivity contribution in [3.8, 4) is 11.4 Å². The van der Waals surface area contributed by atoms with Crippen LogP contribution in [0.1, 0.15) is 40.0 Å². The molecule has 2 N–H and O–H groups in total. The molecular weight excluding hydrogens is 431 g/mol. The van der Waals surface area contributed by atoms with Crippen LogP contribution in [0.15, 0.2) is 24.7 Å². The molecule has 0 saturated carbocycles. The van der Waals surface area contributed by atoms with Gasteiger partial charge in [-0.05, 0) is 30.2 Å². The predicted molar refractivity (Wildman–Crippen MR) is 124 cm³/mol. The minimum Gasteiger partial charge on any atom is -0.367 e. The fourth-order valence-corrected chi connectivity index (χ4v) is 4.21. The van der Waals surface area contributed by atoms with Crippen LogP contribution in [0.2, 0.25) is 5.02 Å². The number of rotatable bonds is 5. The van der Waals surface area contributed by atoms with Crippen LogP contribution in [0.4, 0.5) is 10.2 Å². The zero-order valence-corrected chi connectivity index (χ0v) is 19.3. The highest BCUT2D eigenvalue weighted by molar-refractivity contribution is 6.31. The van der Waals surface area contributed by atoms with Crippen LogP contribution in [0.25, 0.3) is 22.4 Å². The van der Waals surface area contributed by atoms with Crippen molar-refractivity contribution in [1.82, 2.24) is 24.8 Å². The zero-order valence-electron chi connectivity index (χ0n) is 18.6. The maximum absolute atomic E-state index is 14.4. The number of amides is 1. The summed E-state index contributed by atoms with van der Waals surface area (Å²) < 4.78 is 14.4. The Labute approximate surface area is 191 Å². The molecular formula is C23H28ClFN6O. The Balaban J connectivity index is 1.46. The van der Waals surface area contributed by atoms with E-state index in [0.717, 1.165) is 24.8 Å². The summed E-state index contributed by atoms with van der Waals surface area (Å²) in [7, 11) is 0. The summed E-state index contributed by atoms with van der Waals surface area (Å²) in [6.45, 7) is 8.21. The van der Waals surface area contributed by atoms with E-state index in [-0.39, 0.29) is 23.1 Å². The van der Waals surface area contributed by atoms with E-state index in [2.05, 4.69) is 46.0 Å². The Morgan fingerprint density at radius 3 is 2.94 bits per heavy atom. The number of fused-ring (bicyclic) bond motifs is 1. The topological polar surface area (TPSA) is 86.8 Å². The number of carbonyl (C=O) groups excluding carboxylic acids is 1. The van der Waals surface area contributed by atoms with Gasteiger partial charge in [-0.3, -0.25) is 4.79 Å². The van der Waals surface area contributed by atoms with Crippen molar-refractivity contribution in [2.24, 2.45) is 11.3 Å². The molecule has 3 aromatic rings. The molecule has 1 amide bonds. The second-order valence-electron chi connectivity index (χ2n) is 9.61. The zero-order chi connectivity index (χ0) is 22.9. The molecule has 9 heteroatoms. The van der Waals surface area contributed by atoms with Crippen LogP contribution in [0.5, 0.6) is 0 Å². The maximum Gasteiger partial charge on any atom is 0.223 e. The van der Waals surface area contributed by atoms with Crippen molar-refractivity contribution in [3.05, 3.63) is 35.5 Å². The molecule has 0 bridgehead atoms. The fraction of sp³-hybridized carbons (Fsp3) is 0.478. The number of carbonyl (C=O) groups is 1. The van der Waals surface area contributed by atoms with Gasteiger partial charge >= 0.3 is 0 Å². The first kappa shape index (κ1) is 22.5. The van der Waals surface area contributed by atoms with Crippen LogP contribution < -0.4 is 5.32 Å². The first-order valence-corrected chi connectivity index (χ1v) is 11.2. The number of hydrogen-bond donors (Lipinski definition) is 2. The van der Waals surface area contributed by atoms with Gasteiger partial charge in [-0.15, -0.1) is 0 Å². The number of piperidine rings is 1. The van der Waals surface area contributed by atoms with Gasteiger partial charge in [-0.2, -0.15) is 0 Å². The van der Waals surface area contributed by atoms with Crippen molar-refractivity contribution in [2.45, 2.75) is 40.0 Å². The lowest BCUT2D eigenvalue weighted by atomic mass is 9.90. The third-order valence-electron chi connectivity index (χ3n) is 5.59. The van der Waals surface area contributed by atoms with Gasteiger partial charge in [0.1, 0.15) is 5.65 Å². The summed E-state index contributed by atoms with van der Waals surface area (Å²) in [4.78, 5) is 30.4. The molecule has 1 saturated heterocycles. The average molecular weight is 459 g/mol. The van der Waals surface area contributed by atoms with Gasteiger partial charge in [0.25, 0.3) is 0 Å². The van der Waals surface area contributed by atoms with Gasteiger partial charge < -0.3 is 15.2 Å². The molecule has 4 heterocycles. The van der Waals surface area contributed by atoms with E-state index >= 15 is 0 Å². The molecule has 0 aromatic carbocycles. The Morgan fingerprint density at radius 1 is 1.34 bits per heavy atom. The molecule has 0 radical (unpaired) electrons. The molecule has 1 aliphatic rings. The summed E-state index contributed by atoms with van der Waals surface area (Å²) in [6, 6.07) is 1.78. The van der Waals surface area contributed by atoms with Crippen molar-refractivity contribution >= 4 is 34.4 Å². The number of anilines is 1. The third-order valence-corrected chi connectivity index (χ3v) is 5.80. The number of nitrogens with one attached hydrogen (secondary N) is 2. The van der Waals surface area contributed by atoms with Crippen molar-refractivity contribution in [3.63, 3.8) is 0 Å². The molecule has 3 aromatic heterocycles. The second kappa shape index (κ2) is 9.02. The normalized spacial score (nSPS) is 17.0. The van der Waals surface area contributed by atoms with Gasteiger partial charge in [-0.25, -0.2) is 19.3 Å². The molecule has 4 rings (SSSR count). The van der Waals surface area contributed by atoms with Gasteiger partial charge in [0.2, 0.25) is 5.91 Å². The molecule has 1 atom stereocenters. The Kier molecular flexibility index (Phi) is 6.33. The minimum atomic E-state index is -0.513. The van der Waals surface area contributed by atoms with Crippen LogP contribution in [0, 0.1) is 17.2 Å². The van der Waals surface area contributed by atoms with E-state index in [1.165, 1.54) is 6.20 Å². The summed E-state index contributed by atoms with van der Waals surface area (Å²) >= 11 is 6.08. The number of nitrogens with zero attached hydrogens (tertiary/aromatic N) is 4. The third kappa shape index (κ3) is 5.18. The second-order valence-corrected chi connectivity index (χ2v) is 10.0. The Morgan fingerprint density at radius 2 is 2.16 bits per heavy atom. The van der Waals surface area contributed by atoms with E-state index in [9.17, 15) is 9.18 Å². The average Bonchev–Trinajstić information content (AvgIpc) is 3.15. The van der Waals surface area contributed by atoms with Crippen molar-refractivity contribution < 1.29 is 9.18 Å². The van der Waals surface area contributed by atoms with Crippen LogP contribution >= 0.6 is 11.6 Å². The molecule has 170 valence electrons. The number of halogens is 2. The summed E-state index contributed by atoms with van der Waals surface area (Å²) in [6.07, 6.45) is 6.93. The summed E-state index contributed by atoms with van der Waals surface area (Å²) in [5.74, 6) is 0.444. The standard InChI is InChI=1S/C23H28ClFN6O/c1-23(2,3)8-19(32)31-6-4-5-14(13-31)9-26-22-18(25)12-29-21(30-22)17-11-28-20-16(17)7-15(24)10-27-20/h7,10-12,14H,4-6,8-9,13H2,1-3H3,(H,27,28)(H,26,29,30)/t14-/m0/s1. The van der Waals surface area contributed by atoms with E-state index in [4.69, 9.17) is 11.6 Å². The quantitative estimate of drug-likeness (QED) is 0.567. The number of pyridine rings is 1. The molecule has 7 nitrogen and oxygen atoms in total. The molecule has 1 aliphatic heterocycles. The van der Waals surface area contributed by atoms with Gasteiger partial charge in [-0.1, -0.05) is 32.4 Å². The molecule has 0 aliphatic carbocycles. The van der Waals surface area contributed by atoms with Crippen LogP contribution in [0.3, 0.4) is 0 Å². The lowest BCUT2D eigenvalue weighted by Crippen LogP contribution is -2.43. The first-order chi connectivity index (χ1) is 15.2. The number of aromatic nitrogens is 4. The minimum absolute atomic E-state index is 0.0368. The van der Waals surface area contributed by atoms with Crippen molar-refractivity contribution in [1.29, 1.82) is 0 Å². The van der Waals surface area contributed by atoms with Crippen LogP contribution in [-0.2, 0) is 4.79 Å². The number of hydrogen-bond acceptors (Lipinski definition) is 5. The lowest BCUT2D eigenvalue weighted by molar-refractivity contribution is -0.134. The van der Waals surface area contributed by atoms with Crippen LogP contribution in [-0.4, -0.2) is 50.4 Å². The van der Waals surface area contributed by atoms with E-state index < -0.39 is 5.82 Å². The fourth-order valence-electron chi connectivity index (χ4n) is 4.05. The Hall–Kier alpha value is -2.74. The lowest BCUT2D eigenvalue weighted by Gasteiger charge is -2.34. The summed E-state index contributed by atoms with van der Waals surface area (Å²) in [5, 5.41) is 4.41. The monoisotopic (exact) mass is 458 g/mol. The van der Waals surface area contributed by atoms with Gasteiger partial charge in [0, 0.05) is 49.4 Å². The highest BCUT2D eigenvalue weighted by Crippen LogP contribution is 2.28. The molecule has 32 heavy (non-hydrogen) atoms. The molecule has 0 spiro atoms. The highest BCUT2D eigenvalue weighted by atomic mass is 35.5. The predicted octanol–water partition coefficient (Wildman–Crippen LogP) is 4.90. The SMILES string of the molecule is CC(C)(C)CC(=O)N1CCC[C@@H](CNc2nc(-c3c[nH]c4ncc(Cl)cc34)ncc2F)C1. The number of H-pyrrole nitrogens is 1. The Bertz CT molecular complexity index is 1130. The molecule has 0 unspecified atom stereocenters. The maximum atomic E-state index is 14.4. The van der Waals surface area contributed by atoms with E-state index in [1.807, 2.05) is 4.90 Å². The molecule has 1 fully saturated rings.